The van der Waals surface area contributed by atoms with E-state index in [1.165, 1.54) is 34.2 Å². The number of nitrogens with zero attached hydrogens (tertiary/aromatic N) is 3. The van der Waals surface area contributed by atoms with E-state index in [0.717, 1.165) is 39.5 Å². The molecule has 6 nitrogen and oxygen atoms in total. The Morgan fingerprint density at radius 3 is 2.52 bits per heavy atom. The summed E-state index contributed by atoms with van der Waals surface area (Å²) < 4.78 is 6.31. The van der Waals surface area contributed by atoms with Crippen LogP contribution in [0.2, 0.25) is 0 Å². The van der Waals surface area contributed by atoms with E-state index in [4.69, 9.17) is 4.42 Å². The minimum Gasteiger partial charge on any atom is -0.464 e. The SMILES string of the molecule is CCc1cccc(CC)c1Nc1nnc(SCC(=O)N(C)Cc2ccc(C)o2)s1. The van der Waals surface area contributed by atoms with Crippen LogP contribution in [0.15, 0.2) is 39.1 Å². The Morgan fingerprint density at radius 2 is 1.90 bits per heavy atom. The normalized spacial score (nSPS) is 10.9. The number of furan rings is 1. The molecular formula is C21H26N4O2S2. The number of rotatable bonds is 9. The van der Waals surface area contributed by atoms with Gasteiger partial charge in [0.05, 0.1) is 12.3 Å². The van der Waals surface area contributed by atoms with Gasteiger partial charge in [-0.15, -0.1) is 10.2 Å². The van der Waals surface area contributed by atoms with E-state index in [-0.39, 0.29) is 5.91 Å². The third-order valence-electron chi connectivity index (χ3n) is 4.57. The van der Waals surface area contributed by atoms with Crippen LogP contribution in [-0.4, -0.2) is 33.8 Å². The molecule has 2 aromatic heterocycles. The maximum atomic E-state index is 12.4. The number of amides is 1. The number of para-hydroxylation sites is 1. The van der Waals surface area contributed by atoms with Gasteiger partial charge in [0.25, 0.3) is 0 Å². The van der Waals surface area contributed by atoms with Crippen molar-refractivity contribution < 1.29 is 9.21 Å². The van der Waals surface area contributed by atoms with Crippen molar-refractivity contribution in [1.29, 1.82) is 0 Å². The molecule has 1 amide bonds. The number of hydrogen-bond acceptors (Lipinski definition) is 7. The van der Waals surface area contributed by atoms with Crippen LogP contribution in [0.5, 0.6) is 0 Å². The second-order valence-electron chi connectivity index (χ2n) is 6.71. The molecule has 0 unspecified atom stereocenters. The van der Waals surface area contributed by atoms with Gasteiger partial charge in [-0.1, -0.05) is 55.1 Å². The molecule has 8 heteroatoms. The molecular weight excluding hydrogens is 404 g/mol. The van der Waals surface area contributed by atoms with E-state index in [1.807, 2.05) is 19.1 Å². The summed E-state index contributed by atoms with van der Waals surface area (Å²) in [6.45, 7) is 6.65. The van der Waals surface area contributed by atoms with Gasteiger partial charge in [0, 0.05) is 12.7 Å². The Morgan fingerprint density at radius 1 is 1.17 bits per heavy atom. The lowest BCUT2D eigenvalue weighted by Crippen LogP contribution is -2.27. The first-order valence-corrected chi connectivity index (χ1v) is 11.4. The molecule has 0 saturated heterocycles. The first-order chi connectivity index (χ1) is 14.0. The maximum absolute atomic E-state index is 12.4. The molecule has 0 saturated carbocycles. The lowest BCUT2D eigenvalue weighted by atomic mass is 10.0. The van der Waals surface area contributed by atoms with Gasteiger partial charge in [-0.3, -0.25) is 4.79 Å². The molecule has 0 bridgehead atoms. The van der Waals surface area contributed by atoms with E-state index in [1.54, 1.807) is 11.9 Å². The van der Waals surface area contributed by atoms with Gasteiger partial charge in [-0.25, -0.2) is 0 Å². The third-order valence-corrected chi connectivity index (χ3v) is 6.53. The Labute approximate surface area is 179 Å². The second-order valence-corrected chi connectivity index (χ2v) is 8.91. The minimum atomic E-state index is 0.0263. The molecule has 0 radical (unpaired) electrons. The quantitative estimate of drug-likeness (QED) is 0.479. The van der Waals surface area contributed by atoms with Gasteiger partial charge >= 0.3 is 0 Å². The van der Waals surface area contributed by atoms with Gasteiger partial charge in [-0.05, 0) is 43.0 Å². The molecule has 3 rings (SSSR count). The van der Waals surface area contributed by atoms with Crippen molar-refractivity contribution in [3.8, 4) is 0 Å². The monoisotopic (exact) mass is 430 g/mol. The van der Waals surface area contributed by atoms with Gasteiger partial charge in [0.15, 0.2) is 4.34 Å². The average Bonchev–Trinajstić information content (AvgIpc) is 3.34. The molecule has 0 aliphatic heterocycles. The summed E-state index contributed by atoms with van der Waals surface area (Å²) in [6.07, 6.45) is 1.90. The number of aromatic nitrogens is 2. The molecule has 0 fully saturated rings. The molecule has 1 aromatic carbocycles. The number of carbonyl (C=O) groups is 1. The Balaban J connectivity index is 1.57. The average molecular weight is 431 g/mol. The predicted octanol–water partition coefficient (Wildman–Crippen LogP) is 5.06. The van der Waals surface area contributed by atoms with Crippen molar-refractivity contribution in [2.24, 2.45) is 0 Å². The highest BCUT2D eigenvalue weighted by Gasteiger charge is 2.15. The lowest BCUT2D eigenvalue weighted by Gasteiger charge is -2.14. The summed E-state index contributed by atoms with van der Waals surface area (Å²) in [5, 5.41) is 12.7. The highest BCUT2D eigenvalue weighted by atomic mass is 32.2. The van der Waals surface area contributed by atoms with Crippen LogP contribution in [-0.2, 0) is 24.2 Å². The van der Waals surface area contributed by atoms with Crippen molar-refractivity contribution in [3.05, 3.63) is 53.0 Å². The van der Waals surface area contributed by atoms with Crippen LogP contribution < -0.4 is 5.32 Å². The topological polar surface area (TPSA) is 71.3 Å². The molecule has 0 aliphatic carbocycles. The summed E-state index contributed by atoms with van der Waals surface area (Å²) in [7, 11) is 1.78. The Hall–Kier alpha value is -2.32. The van der Waals surface area contributed by atoms with E-state index >= 15 is 0 Å². The molecule has 3 aromatic rings. The third kappa shape index (κ3) is 5.61. The highest BCUT2D eigenvalue weighted by molar-refractivity contribution is 8.01. The summed E-state index contributed by atoms with van der Waals surface area (Å²) in [5.41, 5.74) is 3.65. The number of thioether (sulfide) groups is 1. The number of hydrogen-bond donors (Lipinski definition) is 1. The van der Waals surface area contributed by atoms with Crippen LogP contribution >= 0.6 is 23.1 Å². The zero-order valence-corrected chi connectivity index (χ0v) is 18.8. The largest absolute Gasteiger partial charge is 0.464 e. The lowest BCUT2D eigenvalue weighted by molar-refractivity contribution is -0.127. The van der Waals surface area contributed by atoms with Crippen LogP contribution in [0.4, 0.5) is 10.8 Å². The van der Waals surface area contributed by atoms with E-state index in [0.29, 0.717) is 12.3 Å². The van der Waals surface area contributed by atoms with Gasteiger partial charge < -0.3 is 14.6 Å². The number of carbonyl (C=O) groups excluding carboxylic acids is 1. The number of benzene rings is 1. The molecule has 0 spiro atoms. The van der Waals surface area contributed by atoms with Crippen LogP contribution in [0.25, 0.3) is 0 Å². The van der Waals surface area contributed by atoms with Crippen molar-refractivity contribution in [2.75, 3.05) is 18.1 Å². The summed E-state index contributed by atoms with van der Waals surface area (Å²) in [6, 6.07) is 10.2. The zero-order chi connectivity index (χ0) is 20.8. The van der Waals surface area contributed by atoms with Gasteiger partial charge in [-0.2, -0.15) is 0 Å². The molecule has 0 aliphatic rings. The molecule has 1 N–H and O–H groups in total. The van der Waals surface area contributed by atoms with Crippen molar-refractivity contribution in [3.63, 3.8) is 0 Å². The van der Waals surface area contributed by atoms with Crippen molar-refractivity contribution in [1.82, 2.24) is 15.1 Å². The predicted molar refractivity (Wildman–Crippen MR) is 119 cm³/mol. The Kier molecular flexibility index (Phi) is 7.33. The fraction of sp³-hybridized carbons (Fsp3) is 0.381. The first kappa shape index (κ1) is 21.4. The number of anilines is 2. The van der Waals surface area contributed by atoms with Crippen LogP contribution in [0.1, 0.15) is 36.5 Å². The minimum absolute atomic E-state index is 0.0263. The highest BCUT2D eigenvalue weighted by Crippen LogP contribution is 2.31. The standard InChI is InChI=1S/C21H26N4O2S2/c1-5-15-8-7-9-16(6-2)19(15)22-20-23-24-21(29-20)28-13-18(26)25(4)12-17-11-10-14(3)27-17/h7-11H,5-6,12-13H2,1-4H3,(H,22,23). The second kappa shape index (κ2) is 9.93. The van der Waals surface area contributed by atoms with Crippen LogP contribution in [0.3, 0.4) is 0 Å². The van der Waals surface area contributed by atoms with Crippen molar-refractivity contribution >= 4 is 39.8 Å². The van der Waals surface area contributed by atoms with Gasteiger partial charge in [0.1, 0.15) is 11.5 Å². The smallest absolute Gasteiger partial charge is 0.233 e. The molecule has 29 heavy (non-hydrogen) atoms. The number of aryl methyl sites for hydroxylation is 3. The zero-order valence-electron chi connectivity index (χ0n) is 17.2. The first-order valence-electron chi connectivity index (χ1n) is 9.63. The van der Waals surface area contributed by atoms with E-state index < -0.39 is 0 Å². The molecule has 154 valence electrons. The molecule has 2 heterocycles. The Bertz CT molecular complexity index is 945. The summed E-state index contributed by atoms with van der Waals surface area (Å²) in [4.78, 5) is 14.1. The van der Waals surface area contributed by atoms with E-state index in [9.17, 15) is 4.79 Å². The fourth-order valence-electron chi connectivity index (χ4n) is 2.95. The van der Waals surface area contributed by atoms with Gasteiger partial charge in [0.2, 0.25) is 11.0 Å². The molecule has 0 atom stereocenters. The van der Waals surface area contributed by atoms with Crippen LogP contribution in [0, 0.1) is 6.92 Å². The number of nitrogens with one attached hydrogen (secondary N) is 1. The van der Waals surface area contributed by atoms with Crippen molar-refractivity contribution in [2.45, 2.75) is 44.5 Å². The summed E-state index contributed by atoms with van der Waals surface area (Å²) in [5.74, 6) is 1.97. The maximum Gasteiger partial charge on any atom is 0.233 e. The fourth-order valence-corrected chi connectivity index (χ4v) is 4.65. The summed E-state index contributed by atoms with van der Waals surface area (Å²) >= 11 is 2.87. The van der Waals surface area contributed by atoms with E-state index in [2.05, 4.69) is 47.6 Å².